The van der Waals surface area contributed by atoms with Gasteiger partial charge in [-0.1, -0.05) is 17.7 Å². The summed E-state index contributed by atoms with van der Waals surface area (Å²) in [5.41, 5.74) is 2.47. The van der Waals surface area contributed by atoms with Gasteiger partial charge in [-0.3, -0.25) is 4.79 Å². The summed E-state index contributed by atoms with van der Waals surface area (Å²) < 4.78 is 38.6. The Kier molecular flexibility index (Phi) is 9.98. The quantitative estimate of drug-likeness (QED) is 0.183. The van der Waals surface area contributed by atoms with Gasteiger partial charge in [0.25, 0.3) is 5.91 Å². The highest BCUT2D eigenvalue weighted by molar-refractivity contribution is 7.98. The van der Waals surface area contributed by atoms with Crippen molar-refractivity contribution >= 4 is 35.2 Å². The van der Waals surface area contributed by atoms with Crippen molar-refractivity contribution in [2.24, 2.45) is 0 Å². The summed E-state index contributed by atoms with van der Waals surface area (Å²) in [4.78, 5) is 24.9. The van der Waals surface area contributed by atoms with Crippen LogP contribution in [-0.2, 0) is 22.7 Å². The van der Waals surface area contributed by atoms with E-state index in [0.717, 1.165) is 11.6 Å². The summed E-state index contributed by atoms with van der Waals surface area (Å²) in [6.45, 7) is 0.317. The minimum Gasteiger partial charge on any atom is -0.480 e. The SMILES string of the molecule is CSCCC(NC(=O)c1ccc(COCc2ccc(-c3ccc(F)cc3)o2)cc1-c1ccc(F)cc1Cl)C(=O)O. The molecule has 0 aliphatic rings. The van der Waals surface area contributed by atoms with Crippen molar-refractivity contribution in [2.45, 2.75) is 25.7 Å². The van der Waals surface area contributed by atoms with E-state index in [0.29, 0.717) is 34.0 Å². The Bertz CT molecular complexity index is 1490. The molecule has 3 aromatic carbocycles. The Hall–Kier alpha value is -3.66. The zero-order valence-electron chi connectivity index (χ0n) is 21.5. The van der Waals surface area contributed by atoms with Crippen LogP contribution in [0, 0.1) is 11.6 Å². The van der Waals surface area contributed by atoms with Gasteiger partial charge >= 0.3 is 5.97 Å². The molecule has 0 radical (unpaired) electrons. The first kappa shape index (κ1) is 29.3. The molecular formula is C30H26ClF2NO5S. The number of hydrogen-bond acceptors (Lipinski definition) is 5. The zero-order valence-corrected chi connectivity index (χ0v) is 23.0. The fraction of sp³-hybridized carbons (Fsp3) is 0.200. The van der Waals surface area contributed by atoms with Gasteiger partial charge in [0.1, 0.15) is 35.8 Å². The smallest absolute Gasteiger partial charge is 0.326 e. The Morgan fingerprint density at radius 3 is 2.42 bits per heavy atom. The lowest BCUT2D eigenvalue weighted by Gasteiger charge is -2.17. The average Bonchev–Trinajstić information content (AvgIpc) is 3.40. The lowest BCUT2D eigenvalue weighted by Crippen LogP contribution is -2.41. The number of aliphatic carboxylic acids is 1. The van der Waals surface area contributed by atoms with E-state index in [1.54, 1.807) is 42.5 Å². The van der Waals surface area contributed by atoms with E-state index >= 15 is 0 Å². The molecule has 6 nitrogen and oxygen atoms in total. The normalized spacial score (nSPS) is 11.8. The van der Waals surface area contributed by atoms with Crippen molar-refractivity contribution in [1.82, 2.24) is 5.32 Å². The summed E-state index contributed by atoms with van der Waals surface area (Å²) in [6, 6.07) is 17.3. The Morgan fingerprint density at radius 1 is 0.975 bits per heavy atom. The van der Waals surface area contributed by atoms with Crippen molar-refractivity contribution in [3.63, 3.8) is 0 Å². The maximum absolute atomic E-state index is 13.8. The van der Waals surface area contributed by atoms with Crippen LogP contribution >= 0.6 is 23.4 Å². The number of carboxylic acids is 1. The molecule has 208 valence electrons. The summed E-state index contributed by atoms with van der Waals surface area (Å²) >= 11 is 7.81. The maximum atomic E-state index is 13.8. The second-order valence-corrected chi connectivity index (χ2v) is 10.3. The van der Waals surface area contributed by atoms with Crippen LogP contribution in [0.5, 0.6) is 0 Å². The predicted octanol–water partition coefficient (Wildman–Crippen LogP) is 7.20. The summed E-state index contributed by atoms with van der Waals surface area (Å²) in [5, 5.41) is 12.2. The number of furan rings is 1. The second-order valence-electron chi connectivity index (χ2n) is 8.92. The molecule has 1 amide bonds. The van der Waals surface area contributed by atoms with Crippen LogP contribution in [0.3, 0.4) is 0 Å². The molecule has 0 aliphatic heterocycles. The molecule has 0 fully saturated rings. The fourth-order valence-corrected chi connectivity index (χ4v) is 4.77. The molecular weight excluding hydrogens is 560 g/mol. The number of ether oxygens (including phenoxy) is 1. The molecule has 0 bridgehead atoms. The third-order valence-corrected chi connectivity index (χ3v) is 7.02. The van der Waals surface area contributed by atoms with Crippen molar-refractivity contribution in [1.29, 1.82) is 0 Å². The van der Waals surface area contributed by atoms with Crippen LogP contribution in [-0.4, -0.2) is 35.0 Å². The molecule has 10 heteroatoms. The Morgan fingerprint density at radius 2 is 1.73 bits per heavy atom. The summed E-state index contributed by atoms with van der Waals surface area (Å²) in [6.07, 6.45) is 2.11. The molecule has 0 saturated heterocycles. The van der Waals surface area contributed by atoms with Crippen LogP contribution in [0.1, 0.15) is 28.1 Å². The number of hydrogen-bond donors (Lipinski definition) is 2. The van der Waals surface area contributed by atoms with Crippen LogP contribution < -0.4 is 5.32 Å². The molecule has 1 heterocycles. The van der Waals surface area contributed by atoms with Crippen molar-refractivity contribution in [2.75, 3.05) is 12.0 Å². The van der Waals surface area contributed by atoms with E-state index in [1.165, 1.54) is 36.0 Å². The molecule has 40 heavy (non-hydrogen) atoms. The first-order valence-electron chi connectivity index (χ1n) is 12.3. The van der Waals surface area contributed by atoms with Crippen molar-refractivity contribution in [3.8, 4) is 22.5 Å². The minimum atomic E-state index is -1.13. The predicted molar refractivity (Wildman–Crippen MR) is 151 cm³/mol. The van der Waals surface area contributed by atoms with E-state index < -0.39 is 23.7 Å². The maximum Gasteiger partial charge on any atom is 0.326 e. The number of amides is 1. The number of halogens is 3. The highest BCUT2D eigenvalue weighted by atomic mass is 35.5. The van der Waals surface area contributed by atoms with Crippen LogP contribution in [0.2, 0.25) is 5.02 Å². The highest BCUT2D eigenvalue weighted by Gasteiger charge is 2.23. The lowest BCUT2D eigenvalue weighted by molar-refractivity contribution is -0.139. The van der Waals surface area contributed by atoms with E-state index in [-0.39, 0.29) is 36.0 Å². The number of carboxylic acid groups (broad SMARTS) is 1. The topological polar surface area (TPSA) is 88.8 Å². The van der Waals surface area contributed by atoms with Gasteiger partial charge in [-0.2, -0.15) is 11.8 Å². The van der Waals surface area contributed by atoms with Gasteiger partial charge in [0, 0.05) is 16.7 Å². The minimum absolute atomic E-state index is 0.105. The molecule has 0 saturated carbocycles. The van der Waals surface area contributed by atoms with Gasteiger partial charge in [-0.05, 0) is 96.3 Å². The number of carbonyl (C=O) groups is 2. The monoisotopic (exact) mass is 585 g/mol. The molecule has 1 aromatic heterocycles. The Labute approximate surface area is 239 Å². The first-order valence-corrected chi connectivity index (χ1v) is 14.1. The molecule has 4 rings (SSSR count). The lowest BCUT2D eigenvalue weighted by atomic mass is 9.96. The van der Waals surface area contributed by atoms with E-state index in [4.69, 9.17) is 20.8 Å². The number of benzene rings is 3. The summed E-state index contributed by atoms with van der Waals surface area (Å²) in [7, 11) is 0. The number of carbonyl (C=O) groups excluding carboxylic acids is 1. The van der Waals surface area contributed by atoms with E-state index in [2.05, 4.69) is 5.32 Å². The number of nitrogens with one attached hydrogen (secondary N) is 1. The fourth-order valence-electron chi connectivity index (χ4n) is 4.03. The average molecular weight is 586 g/mol. The van der Waals surface area contributed by atoms with Crippen molar-refractivity contribution < 1.29 is 32.6 Å². The van der Waals surface area contributed by atoms with Gasteiger partial charge in [-0.25, -0.2) is 13.6 Å². The Balaban J connectivity index is 1.52. The van der Waals surface area contributed by atoms with Crippen LogP contribution in [0.4, 0.5) is 8.78 Å². The zero-order chi connectivity index (χ0) is 28.6. The van der Waals surface area contributed by atoms with Gasteiger partial charge in [0.2, 0.25) is 0 Å². The number of rotatable bonds is 12. The standard InChI is InChI=1S/C30H26ClF2NO5S/c1-40-13-12-27(30(36)37)34-29(35)24-9-2-18(14-25(24)23-10-7-21(33)15-26(23)31)16-38-17-22-8-11-28(39-22)19-3-5-20(32)6-4-19/h2-11,14-15,27H,12-13,16-17H2,1H3,(H,34,35)(H,36,37). The molecule has 0 aliphatic carbocycles. The molecule has 1 unspecified atom stereocenters. The van der Waals surface area contributed by atoms with E-state index in [9.17, 15) is 23.5 Å². The van der Waals surface area contributed by atoms with Crippen LogP contribution in [0.15, 0.2) is 77.2 Å². The van der Waals surface area contributed by atoms with Gasteiger partial charge < -0.3 is 19.6 Å². The van der Waals surface area contributed by atoms with Gasteiger partial charge in [-0.15, -0.1) is 0 Å². The molecule has 2 N–H and O–H groups in total. The van der Waals surface area contributed by atoms with Crippen LogP contribution in [0.25, 0.3) is 22.5 Å². The summed E-state index contributed by atoms with van der Waals surface area (Å²) in [5.74, 6) is -0.858. The molecule has 4 aromatic rings. The van der Waals surface area contributed by atoms with E-state index in [1.807, 2.05) is 6.26 Å². The molecule has 0 spiro atoms. The van der Waals surface area contributed by atoms with Gasteiger partial charge in [0.05, 0.1) is 11.6 Å². The third-order valence-electron chi connectivity index (χ3n) is 6.07. The first-order chi connectivity index (χ1) is 19.2. The third kappa shape index (κ3) is 7.50. The number of thioether (sulfide) groups is 1. The van der Waals surface area contributed by atoms with Gasteiger partial charge in [0.15, 0.2) is 0 Å². The largest absolute Gasteiger partial charge is 0.480 e. The second kappa shape index (κ2) is 13.6. The molecule has 1 atom stereocenters. The highest BCUT2D eigenvalue weighted by Crippen LogP contribution is 2.32. The van der Waals surface area contributed by atoms with Crippen molar-refractivity contribution in [3.05, 3.63) is 106 Å².